The Balaban J connectivity index is 2.48. The molecule has 0 aliphatic heterocycles. The van der Waals surface area contributed by atoms with Crippen molar-refractivity contribution < 1.29 is 0 Å². The third kappa shape index (κ3) is 3.79. The van der Waals surface area contributed by atoms with Gasteiger partial charge in [-0.25, -0.2) is 4.98 Å². The van der Waals surface area contributed by atoms with Gasteiger partial charge in [-0.15, -0.1) is 0 Å². The first kappa shape index (κ1) is 13.5. The largest absolute Gasteiger partial charge is 0.354 e. The number of likely N-dealkylation sites (N-methyl/N-ethyl adjacent to an activating group) is 1. The van der Waals surface area contributed by atoms with Crippen molar-refractivity contribution in [2.45, 2.75) is 0 Å². The minimum Gasteiger partial charge on any atom is -0.354 e. The molecule has 0 saturated carbocycles. The topological polar surface area (TPSA) is 109 Å². The van der Waals surface area contributed by atoms with Crippen LogP contribution in [0.1, 0.15) is 0 Å². The number of guanidine groups is 1. The summed E-state index contributed by atoms with van der Waals surface area (Å²) in [6, 6.07) is 0. The molecule has 0 aromatic carbocycles. The summed E-state index contributed by atoms with van der Waals surface area (Å²) in [6.07, 6.45) is 4.78. The van der Waals surface area contributed by atoms with Crippen molar-refractivity contribution in [2.24, 2.45) is 4.99 Å². The van der Waals surface area contributed by atoms with Gasteiger partial charge in [0.25, 0.3) is 5.56 Å². The molecule has 0 bridgehead atoms. The molecule has 1 rings (SSSR count). The molecule has 1 aromatic heterocycles. The second-order valence-electron chi connectivity index (χ2n) is 3.40. The number of anilines is 1. The summed E-state index contributed by atoms with van der Waals surface area (Å²) in [5.74, 6) is 0.739. The van der Waals surface area contributed by atoms with Crippen molar-refractivity contribution in [3.8, 4) is 6.19 Å². The highest BCUT2D eigenvalue weighted by Crippen LogP contribution is 1.96. The molecule has 1 heterocycles. The number of aromatic nitrogens is 2. The molecule has 0 amide bonds. The molecule has 3 N–H and O–H groups in total. The Morgan fingerprint density at radius 2 is 2.50 bits per heavy atom. The van der Waals surface area contributed by atoms with E-state index in [1.807, 2.05) is 0 Å². The third-order valence-electron chi connectivity index (χ3n) is 2.19. The summed E-state index contributed by atoms with van der Waals surface area (Å²) < 4.78 is 0. The molecule has 0 unspecified atom stereocenters. The van der Waals surface area contributed by atoms with Crippen molar-refractivity contribution in [2.75, 3.05) is 32.1 Å². The average molecular weight is 249 g/mol. The Morgan fingerprint density at radius 3 is 3.11 bits per heavy atom. The highest BCUT2D eigenvalue weighted by molar-refractivity contribution is 5.80. The first-order valence-corrected chi connectivity index (χ1v) is 5.29. The van der Waals surface area contributed by atoms with Crippen LogP contribution in [-0.4, -0.2) is 43.1 Å². The van der Waals surface area contributed by atoms with Crippen LogP contribution in [-0.2, 0) is 0 Å². The monoisotopic (exact) mass is 249 g/mol. The standard InChI is InChI=1S/C10H15N7O/c1-12-10(16-7-11)15-5-6-17(2)8-9(18)14-4-3-13-8/h3-4H,5-6H2,1-2H3,(H,14,18)(H2,12,15,16). The molecule has 8 heteroatoms. The van der Waals surface area contributed by atoms with E-state index in [9.17, 15) is 4.79 Å². The first-order chi connectivity index (χ1) is 8.69. The molecule has 0 atom stereocenters. The van der Waals surface area contributed by atoms with Crippen LogP contribution in [0.5, 0.6) is 0 Å². The number of nitriles is 1. The Kier molecular flexibility index (Phi) is 5.18. The molecule has 18 heavy (non-hydrogen) atoms. The van der Waals surface area contributed by atoms with Crippen LogP contribution in [0.3, 0.4) is 0 Å². The minimum absolute atomic E-state index is 0.237. The van der Waals surface area contributed by atoms with Gasteiger partial charge in [-0.1, -0.05) is 0 Å². The Morgan fingerprint density at radius 1 is 1.72 bits per heavy atom. The van der Waals surface area contributed by atoms with Gasteiger partial charge in [0, 0.05) is 39.6 Å². The normalized spacial score (nSPS) is 10.6. The van der Waals surface area contributed by atoms with Crippen LogP contribution >= 0.6 is 0 Å². The SMILES string of the molecule is CN=C(NC#N)NCCN(C)c1ncc[nH]c1=O. The number of hydrogen-bond donors (Lipinski definition) is 3. The van der Waals surface area contributed by atoms with Crippen LogP contribution in [0, 0.1) is 11.5 Å². The molecule has 0 saturated heterocycles. The quantitative estimate of drug-likeness (QED) is 0.269. The predicted octanol–water partition coefficient (Wildman–Crippen LogP) is -1.15. The van der Waals surface area contributed by atoms with E-state index in [1.54, 1.807) is 25.2 Å². The van der Waals surface area contributed by atoms with E-state index in [2.05, 4.69) is 25.6 Å². The number of aromatic amines is 1. The molecule has 0 fully saturated rings. The van der Waals surface area contributed by atoms with E-state index in [0.717, 1.165) is 0 Å². The van der Waals surface area contributed by atoms with Crippen LogP contribution in [0.2, 0.25) is 0 Å². The van der Waals surface area contributed by atoms with Crippen LogP contribution in [0.15, 0.2) is 22.2 Å². The van der Waals surface area contributed by atoms with Crippen LogP contribution < -0.4 is 21.1 Å². The zero-order valence-corrected chi connectivity index (χ0v) is 10.3. The average Bonchev–Trinajstić information content (AvgIpc) is 2.38. The number of nitrogens with zero attached hydrogens (tertiary/aromatic N) is 4. The highest BCUT2D eigenvalue weighted by atomic mass is 16.1. The molecule has 8 nitrogen and oxygen atoms in total. The number of nitrogens with one attached hydrogen (secondary N) is 3. The minimum atomic E-state index is -0.237. The summed E-state index contributed by atoms with van der Waals surface area (Å²) in [6.45, 7) is 1.07. The molecule has 0 spiro atoms. The number of rotatable bonds is 4. The molecule has 1 aromatic rings. The molecule has 0 aliphatic rings. The fourth-order valence-electron chi connectivity index (χ4n) is 1.30. The summed E-state index contributed by atoms with van der Waals surface area (Å²) >= 11 is 0. The lowest BCUT2D eigenvalue weighted by atomic mass is 10.5. The maximum absolute atomic E-state index is 11.5. The van der Waals surface area contributed by atoms with Crippen molar-refractivity contribution in [3.63, 3.8) is 0 Å². The number of aliphatic imine (C=N–C) groups is 1. The van der Waals surface area contributed by atoms with Gasteiger partial charge >= 0.3 is 0 Å². The van der Waals surface area contributed by atoms with E-state index < -0.39 is 0 Å². The van der Waals surface area contributed by atoms with Crippen molar-refractivity contribution >= 4 is 11.8 Å². The number of H-pyrrole nitrogens is 1. The lowest BCUT2D eigenvalue weighted by molar-refractivity contribution is 0.793. The molecule has 0 radical (unpaired) electrons. The fourth-order valence-corrected chi connectivity index (χ4v) is 1.30. The Bertz CT molecular complexity index is 501. The van der Waals surface area contributed by atoms with Crippen molar-refractivity contribution in [1.29, 1.82) is 5.26 Å². The maximum Gasteiger partial charge on any atom is 0.290 e. The van der Waals surface area contributed by atoms with Gasteiger partial charge in [0.15, 0.2) is 12.0 Å². The van der Waals surface area contributed by atoms with Gasteiger partial charge in [0.05, 0.1) is 0 Å². The number of hydrogen-bond acceptors (Lipinski definition) is 5. The van der Waals surface area contributed by atoms with E-state index >= 15 is 0 Å². The molecular weight excluding hydrogens is 234 g/mol. The molecular formula is C10H15N7O. The van der Waals surface area contributed by atoms with Gasteiger partial charge in [-0.2, -0.15) is 5.26 Å². The fraction of sp³-hybridized carbons (Fsp3) is 0.400. The maximum atomic E-state index is 11.5. The van der Waals surface area contributed by atoms with E-state index in [-0.39, 0.29) is 5.56 Å². The third-order valence-corrected chi connectivity index (χ3v) is 2.19. The summed E-state index contributed by atoms with van der Waals surface area (Å²) in [4.78, 5) is 23.5. The van der Waals surface area contributed by atoms with Gasteiger partial charge in [-0.05, 0) is 0 Å². The Labute approximate surface area is 104 Å². The van der Waals surface area contributed by atoms with E-state index in [1.165, 1.54) is 12.4 Å². The highest BCUT2D eigenvalue weighted by Gasteiger charge is 2.06. The van der Waals surface area contributed by atoms with Gasteiger partial charge < -0.3 is 15.2 Å². The van der Waals surface area contributed by atoms with Gasteiger partial charge in [0.1, 0.15) is 0 Å². The summed E-state index contributed by atoms with van der Waals surface area (Å²) in [7, 11) is 3.33. The second kappa shape index (κ2) is 6.90. The smallest absolute Gasteiger partial charge is 0.290 e. The lowest BCUT2D eigenvalue weighted by Gasteiger charge is -2.17. The summed E-state index contributed by atoms with van der Waals surface area (Å²) in [5, 5.41) is 13.8. The predicted molar refractivity (Wildman–Crippen MR) is 68.2 cm³/mol. The van der Waals surface area contributed by atoms with E-state index in [0.29, 0.717) is 24.9 Å². The van der Waals surface area contributed by atoms with Crippen molar-refractivity contribution in [3.05, 3.63) is 22.7 Å². The molecule has 0 aliphatic carbocycles. The van der Waals surface area contributed by atoms with Crippen LogP contribution in [0.4, 0.5) is 5.82 Å². The van der Waals surface area contributed by atoms with Gasteiger partial charge in [0.2, 0.25) is 5.96 Å². The summed E-state index contributed by atoms with van der Waals surface area (Å²) in [5.41, 5.74) is -0.237. The van der Waals surface area contributed by atoms with Gasteiger partial charge in [-0.3, -0.25) is 15.1 Å². The zero-order valence-electron chi connectivity index (χ0n) is 10.3. The van der Waals surface area contributed by atoms with Crippen LogP contribution in [0.25, 0.3) is 0 Å². The first-order valence-electron chi connectivity index (χ1n) is 5.29. The van der Waals surface area contributed by atoms with Crippen molar-refractivity contribution in [1.82, 2.24) is 20.6 Å². The molecule has 96 valence electrons. The second-order valence-corrected chi connectivity index (χ2v) is 3.40. The lowest BCUT2D eigenvalue weighted by Crippen LogP contribution is -2.40. The zero-order chi connectivity index (χ0) is 13.4. The van der Waals surface area contributed by atoms with E-state index in [4.69, 9.17) is 5.26 Å². The Hall–Kier alpha value is -2.56.